The summed E-state index contributed by atoms with van der Waals surface area (Å²) in [5.41, 5.74) is 3.02. The molecule has 1 amide bonds. The summed E-state index contributed by atoms with van der Waals surface area (Å²) < 4.78 is 1.88. The zero-order valence-electron chi connectivity index (χ0n) is 14.8. The van der Waals surface area contributed by atoms with Crippen molar-refractivity contribution in [2.75, 3.05) is 13.1 Å². The Labute approximate surface area is 153 Å². The van der Waals surface area contributed by atoms with E-state index in [2.05, 4.69) is 17.2 Å². The lowest BCUT2D eigenvalue weighted by molar-refractivity contribution is -0.139. The molecular weight excluding hydrogens is 324 g/mol. The van der Waals surface area contributed by atoms with E-state index in [0.717, 1.165) is 23.2 Å². The van der Waals surface area contributed by atoms with Crippen LogP contribution in [0.3, 0.4) is 0 Å². The van der Waals surface area contributed by atoms with Gasteiger partial charge >= 0.3 is 0 Å². The first kappa shape index (κ1) is 16.5. The van der Waals surface area contributed by atoms with E-state index >= 15 is 0 Å². The number of benzene rings is 2. The normalized spacial score (nSPS) is 15.5. The van der Waals surface area contributed by atoms with Crippen molar-refractivity contribution in [1.82, 2.24) is 19.9 Å². The Hall–Kier alpha value is -2.95. The van der Waals surface area contributed by atoms with Gasteiger partial charge in [0.25, 0.3) is 0 Å². The SMILES string of the molecule is CC[C@H](C(=O)N1CC(n2cc(-c3ccccc3)nn2)C1)c1ccccc1. The number of rotatable bonds is 5. The third-order valence-electron chi connectivity index (χ3n) is 5.04. The number of nitrogens with zero attached hydrogens (tertiary/aromatic N) is 4. The Balaban J connectivity index is 1.41. The maximum Gasteiger partial charge on any atom is 0.230 e. The largest absolute Gasteiger partial charge is 0.338 e. The average Bonchev–Trinajstić information content (AvgIpc) is 3.12. The predicted molar refractivity (Wildman–Crippen MR) is 101 cm³/mol. The van der Waals surface area contributed by atoms with Crippen molar-refractivity contribution in [2.24, 2.45) is 0 Å². The number of carbonyl (C=O) groups is 1. The van der Waals surface area contributed by atoms with Crippen LogP contribution >= 0.6 is 0 Å². The topological polar surface area (TPSA) is 51.0 Å². The van der Waals surface area contributed by atoms with Gasteiger partial charge in [0.1, 0.15) is 5.69 Å². The van der Waals surface area contributed by atoms with Crippen LogP contribution in [0.4, 0.5) is 0 Å². The molecule has 0 N–H and O–H groups in total. The number of likely N-dealkylation sites (tertiary alicyclic amines) is 1. The Morgan fingerprint density at radius 2 is 1.73 bits per heavy atom. The standard InChI is InChI=1S/C21H22N4O/c1-2-19(16-9-5-3-6-10-16)21(26)24-13-18(14-24)25-15-20(22-23-25)17-11-7-4-8-12-17/h3-12,15,18-19H,2,13-14H2,1H3/t19-/m0/s1. The molecule has 4 rings (SSSR count). The minimum absolute atomic E-state index is 0.0622. The van der Waals surface area contributed by atoms with E-state index in [4.69, 9.17) is 0 Å². The number of hydrogen-bond donors (Lipinski definition) is 0. The average molecular weight is 346 g/mol. The fourth-order valence-corrected chi connectivity index (χ4v) is 3.46. The molecule has 0 unspecified atom stereocenters. The van der Waals surface area contributed by atoms with Crippen molar-refractivity contribution in [2.45, 2.75) is 25.3 Å². The van der Waals surface area contributed by atoms with Crippen LogP contribution in [-0.2, 0) is 4.79 Å². The van der Waals surface area contributed by atoms with Gasteiger partial charge in [0.15, 0.2) is 0 Å². The quantitative estimate of drug-likeness (QED) is 0.710. The van der Waals surface area contributed by atoms with Crippen molar-refractivity contribution in [3.63, 3.8) is 0 Å². The molecule has 0 bridgehead atoms. The molecule has 1 aliphatic heterocycles. The lowest BCUT2D eigenvalue weighted by atomic mass is 9.93. The zero-order valence-corrected chi connectivity index (χ0v) is 14.8. The van der Waals surface area contributed by atoms with Gasteiger partial charge in [-0.3, -0.25) is 4.79 Å². The molecule has 1 atom stereocenters. The van der Waals surface area contributed by atoms with Gasteiger partial charge in [-0.05, 0) is 12.0 Å². The minimum atomic E-state index is -0.0622. The van der Waals surface area contributed by atoms with Crippen molar-refractivity contribution in [1.29, 1.82) is 0 Å². The van der Waals surface area contributed by atoms with Crippen LogP contribution in [0.25, 0.3) is 11.3 Å². The van der Waals surface area contributed by atoms with Crippen molar-refractivity contribution < 1.29 is 4.79 Å². The summed E-state index contributed by atoms with van der Waals surface area (Å²) in [6.45, 7) is 3.45. The van der Waals surface area contributed by atoms with E-state index in [1.54, 1.807) is 0 Å². The van der Waals surface area contributed by atoms with Crippen LogP contribution in [0.5, 0.6) is 0 Å². The summed E-state index contributed by atoms with van der Waals surface area (Å²) in [6.07, 6.45) is 2.78. The highest BCUT2D eigenvalue weighted by atomic mass is 16.2. The molecule has 0 radical (unpaired) electrons. The second kappa shape index (κ2) is 7.12. The molecule has 1 aromatic heterocycles. The minimum Gasteiger partial charge on any atom is -0.338 e. The number of carbonyl (C=O) groups excluding carboxylic acids is 1. The molecule has 132 valence electrons. The number of amides is 1. The third-order valence-corrected chi connectivity index (χ3v) is 5.04. The predicted octanol–water partition coefficient (Wildman–Crippen LogP) is 3.52. The van der Waals surface area contributed by atoms with Crippen molar-refractivity contribution in [3.8, 4) is 11.3 Å². The van der Waals surface area contributed by atoms with Gasteiger partial charge in [-0.1, -0.05) is 72.8 Å². The monoisotopic (exact) mass is 346 g/mol. The van der Waals surface area contributed by atoms with E-state index < -0.39 is 0 Å². The summed E-state index contributed by atoms with van der Waals surface area (Å²) in [7, 11) is 0. The van der Waals surface area contributed by atoms with Gasteiger partial charge in [0, 0.05) is 18.7 Å². The van der Waals surface area contributed by atoms with Gasteiger partial charge < -0.3 is 4.90 Å². The molecule has 3 aromatic rings. The van der Waals surface area contributed by atoms with Gasteiger partial charge in [0.05, 0.1) is 18.2 Å². The van der Waals surface area contributed by atoms with E-state index in [1.165, 1.54) is 0 Å². The molecule has 2 aromatic carbocycles. The van der Waals surface area contributed by atoms with Gasteiger partial charge in [-0.15, -0.1) is 5.10 Å². The molecule has 0 saturated carbocycles. The van der Waals surface area contributed by atoms with E-state index in [-0.39, 0.29) is 17.9 Å². The number of hydrogen-bond acceptors (Lipinski definition) is 3. The number of aromatic nitrogens is 3. The molecule has 2 heterocycles. The molecule has 1 saturated heterocycles. The first-order valence-corrected chi connectivity index (χ1v) is 9.07. The van der Waals surface area contributed by atoms with Gasteiger partial charge in [-0.2, -0.15) is 0 Å². The Bertz CT molecular complexity index is 869. The summed E-state index contributed by atoms with van der Waals surface area (Å²) in [5.74, 6) is 0.145. The van der Waals surface area contributed by atoms with E-state index in [1.807, 2.05) is 76.4 Å². The lowest BCUT2D eigenvalue weighted by Crippen LogP contribution is -2.52. The molecule has 26 heavy (non-hydrogen) atoms. The van der Waals surface area contributed by atoms with Crippen LogP contribution in [0.15, 0.2) is 66.9 Å². The van der Waals surface area contributed by atoms with Crippen LogP contribution in [0, 0.1) is 0 Å². The molecule has 1 fully saturated rings. The van der Waals surface area contributed by atoms with Gasteiger partial charge in [0.2, 0.25) is 5.91 Å². The Kier molecular flexibility index (Phi) is 4.52. The summed E-state index contributed by atoms with van der Waals surface area (Å²) in [6, 6.07) is 20.3. The third kappa shape index (κ3) is 3.12. The van der Waals surface area contributed by atoms with Gasteiger partial charge in [-0.25, -0.2) is 4.68 Å². The van der Waals surface area contributed by atoms with Crippen LogP contribution in [-0.4, -0.2) is 38.9 Å². The maximum atomic E-state index is 12.8. The zero-order chi connectivity index (χ0) is 17.9. The van der Waals surface area contributed by atoms with Crippen molar-refractivity contribution in [3.05, 3.63) is 72.4 Å². The molecule has 5 heteroatoms. The highest BCUT2D eigenvalue weighted by Crippen LogP contribution is 2.29. The second-order valence-electron chi connectivity index (χ2n) is 6.72. The van der Waals surface area contributed by atoms with Crippen LogP contribution in [0.2, 0.25) is 0 Å². The molecule has 0 aliphatic carbocycles. The lowest BCUT2D eigenvalue weighted by Gasteiger charge is -2.40. The summed E-state index contributed by atoms with van der Waals surface area (Å²) in [5, 5.41) is 8.53. The van der Waals surface area contributed by atoms with E-state index in [0.29, 0.717) is 13.1 Å². The first-order valence-electron chi connectivity index (χ1n) is 9.07. The Morgan fingerprint density at radius 1 is 1.08 bits per heavy atom. The highest BCUT2D eigenvalue weighted by molar-refractivity contribution is 5.84. The highest BCUT2D eigenvalue weighted by Gasteiger charge is 2.36. The maximum absolute atomic E-state index is 12.8. The molecule has 0 spiro atoms. The summed E-state index contributed by atoms with van der Waals surface area (Å²) in [4.78, 5) is 14.8. The Morgan fingerprint density at radius 3 is 2.38 bits per heavy atom. The van der Waals surface area contributed by atoms with Crippen molar-refractivity contribution >= 4 is 5.91 Å². The summed E-state index contributed by atoms with van der Waals surface area (Å²) >= 11 is 0. The molecule has 1 aliphatic rings. The molecule has 5 nitrogen and oxygen atoms in total. The smallest absolute Gasteiger partial charge is 0.230 e. The fraction of sp³-hybridized carbons (Fsp3) is 0.286. The molecular formula is C21H22N4O. The first-order chi connectivity index (χ1) is 12.8. The second-order valence-corrected chi connectivity index (χ2v) is 6.72. The van der Waals surface area contributed by atoms with Crippen LogP contribution < -0.4 is 0 Å². The van der Waals surface area contributed by atoms with E-state index in [9.17, 15) is 4.79 Å². The van der Waals surface area contributed by atoms with Crippen LogP contribution in [0.1, 0.15) is 30.9 Å². The fourth-order valence-electron chi connectivity index (χ4n) is 3.46.